The summed E-state index contributed by atoms with van der Waals surface area (Å²) in [6.45, 7) is 0.583. The molecule has 0 saturated heterocycles. The van der Waals surface area contributed by atoms with E-state index in [9.17, 15) is 0 Å². The number of rotatable bonds is 2. The standard InChI is InChI=1S/C15H13Cl2NO/c16-9-5-6-11(13(17)7-9)15(18)12-8-19-14-4-2-1-3-10(12)14/h1-7,12,15H,8,18H2. The van der Waals surface area contributed by atoms with Gasteiger partial charge in [0.2, 0.25) is 0 Å². The van der Waals surface area contributed by atoms with Crippen LogP contribution >= 0.6 is 23.2 Å². The SMILES string of the molecule is NC(c1ccc(Cl)cc1Cl)C1COc2ccccc21. The Bertz CT molecular complexity index is 615. The van der Waals surface area contributed by atoms with Crippen LogP contribution < -0.4 is 10.5 Å². The summed E-state index contributed by atoms with van der Waals surface area (Å²) in [6, 6.07) is 13.2. The zero-order valence-electron chi connectivity index (χ0n) is 10.1. The Hall–Kier alpha value is -1.22. The number of hydrogen-bond acceptors (Lipinski definition) is 2. The summed E-state index contributed by atoms with van der Waals surface area (Å²) in [5.41, 5.74) is 8.40. The molecule has 0 radical (unpaired) electrons. The van der Waals surface area contributed by atoms with Crippen LogP contribution in [0.3, 0.4) is 0 Å². The molecular formula is C15H13Cl2NO. The lowest BCUT2D eigenvalue weighted by Gasteiger charge is -2.20. The quantitative estimate of drug-likeness (QED) is 0.902. The Kier molecular flexibility index (Phi) is 3.40. The average Bonchev–Trinajstić information content (AvgIpc) is 2.82. The average molecular weight is 294 g/mol. The van der Waals surface area contributed by atoms with Crippen LogP contribution in [-0.4, -0.2) is 6.61 Å². The van der Waals surface area contributed by atoms with E-state index in [1.807, 2.05) is 30.3 Å². The van der Waals surface area contributed by atoms with Crippen molar-refractivity contribution in [2.75, 3.05) is 6.61 Å². The molecule has 1 aliphatic rings. The highest BCUT2D eigenvalue weighted by Crippen LogP contribution is 2.41. The van der Waals surface area contributed by atoms with Crippen molar-refractivity contribution in [3.8, 4) is 5.75 Å². The van der Waals surface area contributed by atoms with Crippen molar-refractivity contribution in [1.82, 2.24) is 0 Å². The number of hydrogen-bond donors (Lipinski definition) is 1. The van der Waals surface area contributed by atoms with Crippen molar-refractivity contribution < 1.29 is 4.74 Å². The maximum atomic E-state index is 6.36. The summed E-state index contributed by atoms with van der Waals surface area (Å²) >= 11 is 12.1. The van der Waals surface area contributed by atoms with Gasteiger partial charge in [0.25, 0.3) is 0 Å². The highest BCUT2D eigenvalue weighted by molar-refractivity contribution is 6.35. The van der Waals surface area contributed by atoms with Crippen LogP contribution in [0.25, 0.3) is 0 Å². The molecule has 4 heteroatoms. The first-order valence-corrected chi connectivity index (χ1v) is 6.84. The molecule has 2 nitrogen and oxygen atoms in total. The van der Waals surface area contributed by atoms with Gasteiger partial charge in [0, 0.05) is 27.6 Å². The third-order valence-electron chi connectivity index (χ3n) is 3.49. The summed E-state index contributed by atoms with van der Waals surface area (Å²) < 4.78 is 5.67. The molecule has 1 heterocycles. The Morgan fingerprint density at radius 3 is 2.74 bits per heavy atom. The monoisotopic (exact) mass is 293 g/mol. The first-order chi connectivity index (χ1) is 9.16. The van der Waals surface area contributed by atoms with Crippen LogP contribution in [-0.2, 0) is 0 Å². The second kappa shape index (κ2) is 5.04. The lowest BCUT2D eigenvalue weighted by atomic mass is 9.89. The largest absolute Gasteiger partial charge is 0.493 e. The molecule has 2 atom stereocenters. The molecule has 0 spiro atoms. The van der Waals surface area contributed by atoms with E-state index in [-0.39, 0.29) is 12.0 Å². The minimum atomic E-state index is -0.201. The van der Waals surface area contributed by atoms with E-state index in [0.717, 1.165) is 16.9 Å². The van der Waals surface area contributed by atoms with E-state index in [0.29, 0.717) is 16.7 Å². The van der Waals surface area contributed by atoms with Gasteiger partial charge in [0.05, 0.1) is 6.61 Å². The third-order valence-corrected chi connectivity index (χ3v) is 4.05. The summed E-state index contributed by atoms with van der Waals surface area (Å²) in [5.74, 6) is 1.03. The minimum Gasteiger partial charge on any atom is -0.493 e. The smallest absolute Gasteiger partial charge is 0.122 e. The fraction of sp³-hybridized carbons (Fsp3) is 0.200. The van der Waals surface area contributed by atoms with Crippen molar-refractivity contribution in [1.29, 1.82) is 0 Å². The van der Waals surface area contributed by atoms with Gasteiger partial charge in [0.15, 0.2) is 0 Å². The van der Waals surface area contributed by atoms with Crippen molar-refractivity contribution in [3.63, 3.8) is 0 Å². The highest BCUT2D eigenvalue weighted by atomic mass is 35.5. The van der Waals surface area contributed by atoms with Gasteiger partial charge in [-0.3, -0.25) is 0 Å². The maximum absolute atomic E-state index is 6.36. The van der Waals surface area contributed by atoms with Crippen LogP contribution in [0.4, 0.5) is 0 Å². The number of ether oxygens (including phenoxy) is 1. The van der Waals surface area contributed by atoms with E-state index in [1.54, 1.807) is 6.07 Å². The first kappa shape index (κ1) is 12.8. The minimum absolute atomic E-state index is 0.120. The molecule has 98 valence electrons. The van der Waals surface area contributed by atoms with Crippen molar-refractivity contribution >= 4 is 23.2 Å². The second-order valence-corrected chi connectivity index (χ2v) is 5.49. The number of para-hydroxylation sites is 1. The molecule has 0 bridgehead atoms. The highest BCUT2D eigenvalue weighted by Gasteiger charge is 2.30. The molecular weight excluding hydrogens is 281 g/mol. The fourth-order valence-electron chi connectivity index (χ4n) is 2.47. The second-order valence-electron chi connectivity index (χ2n) is 4.65. The molecule has 0 fully saturated rings. The van der Waals surface area contributed by atoms with Gasteiger partial charge in [-0.1, -0.05) is 47.5 Å². The maximum Gasteiger partial charge on any atom is 0.122 e. The lowest BCUT2D eigenvalue weighted by Crippen LogP contribution is -2.21. The topological polar surface area (TPSA) is 35.2 Å². The zero-order chi connectivity index (χ0) is 13.4. The Labute approximate surface area is 122 Å². The van der Waals surface area contributed by atoms with Gasteiger partial charge in [0.1, 0.15) is 5.75 Å². The van der Waals surface area contributed by atoms with Crippen LogP contribution in [0, 0.1) is 0 Å². The van der Waals surface area contributed by atoms with E-state index in [2.05, 4.69) is 6.07 Å². The van der Waals surface area contributed by atoms with E-state index in [1.165, 1.54) is 0 Å². The van der Waals surface area contributed by atoms with E-state index in [4.69, 9.17) is 33.7 Å². The summed E-state index contributed by atoms with van der Waals surface area (Å²) in [4.78, 5) is 0. The van der Waals surface area contributed by atoms with Gasteiger partial charge in [-0.25, -0.2) is 0 Å². The van der Waals surface area contributed by atoms with Gasteiger partial charge >= 0.3 is 0 Å². The molecule has 19 heavy (non-hydrogen) atoms. The lowest BCUT2D eigenvalue weighted by molar-refractivity contribution is 0.315. The molecule has 2 aromatic rings. The molecule has 3 rings (SSSR count). The van der Waals surface area contributed by atoms with E-state index >= 15 is 0 Å². The van der Waals surface area contributed by atoms with Crippen molar-refractivity contribution in [2.45, 2.75) is 12.0 Å². The van der Waals surface area contributed by atoms with Crippen LogP contribution in [0.1, 0.15) is 23.1 Å². The van der Waals surface area contributed by atoms with Crippen LogP contribution in [0.2, 0.25) is 10.0 Å². The normalized spacial score (nSPS) is 18.8. The molecule has 0 aromatic heterocycles. The van der Waals surface area contributed by atoms with Crippen molar-refractivity contribution in [2.24, 2.45) is 5.73 Å². The number of benzene rings is 2. The molecule has 0 amide bonds. The molecule has 0 aliphatic carbocycles. The number of nitrogens with two attached hydrogens (primary N) is 1. The van der Waals surface area contributed by atoms with E-state index < -0.39 is 0 Å². The summed E-state index contributed by atoms with van der Waals surface area (Å²) in [5, 5.41) is 1.22. The summed E-state index contributed by atoms with van der Waals surface area (Å²) in [7, 11) is 0. The predicted octanol–water partition coefficient (Wildman–Crippen LogP) is 4.17. The van der Waals surface area contributed by atoms with Crippen molar-refractivity contribution in [3.05, 3.63) is 63.6 Å². The Morgan fingerprint density at radius 2 is 1.95 bits per heavy atom. The Balaban J connectivity index is 1.95. The summed E-state index contributed by atoms with van der Waals surface area (Å²) in [6.07, 6.45) is 0. The van der Waals surface area contributed by atoms with Crippen LogP contribution in [0.15, 0.2) is 42.5 Å². The Morgan fingerprint density at radius 1 is 1.16 bits per heavy atom. The predicted molar refractivity (Wildman–Crippen MR) is 78.1 cm³/mol. The van der Waals surface area contributed by atoms with Gasteiger partial charge in [-0.2, -0.15) is 0 Å². The molecule has 1 aliphatic heterocycles. The number of halogens is 2. The van der Waals surface area contributed by atoms with Crippen LogP contribution in [0.5, 0.6) is 5.75 Å². The molecule has 0 saturated carbocycles. The fourth-order valence-corrected chi connectivity index (χ4v) is 3.01. The first-order valence-electron chi connectivity index (χ1n) is 6.09. The van der Waals surface area contributed by atoms with Gasteiger partial charge < -0.3 is 10.5 Å². The van der Waals surface area contributed by atoms with Gasteiger partial charge in [-0.05, 0) is 23.8 Å². The third kappa shape index (κ3) is 2.32. The zero-order valence-corrected chi connectivity index (χ0v) is 11.7. The number of fused-ring (bicyclic) bond motifs is 1. The molecule has 2 aromatic carbocycles. The van der Waals surface area contributed by atoms with Gasteiger partial charge in [-0.15, -0.1) is 0 Å². The molecule has 2 N–H and O–H groups in total. The molecule has 2 unspecified atom stereocenters.